The van der Waals surface area contributed by atoms with Gasteiger partial charge in [-0.25, -0.2) is 0 Å². The van der Waals surface area contributed by atoms with Crippen LogP contribution in [-0.2, 0) is 10.2 Å². The first-order valence-corrected chi connectivity index (χ1v) is 8.16. The third-order valence-corrected chi connectivity index (χ3v) is 4.90. The van der Waals surface area contributed by atoms with Crippen molar-refractivity contribution in [2.45, 2.75) is 25.2 Å². The summed E-state index contributed by atoms with van der Waals surface area (Å²) in [5.41, 5.74) is 3.67. The maximum Gasteiger partial charge on any atom is 0.235 e. The third kappa shape index (κ3) is 2.35. The summed E-state index contributed by atoms with van der Waals surface area (Å²) >= 11 is 0. The normalized spacial score (nSPS) is 15.2. The van der Waals surface area contributed by atoms with Crippen molar-refractivity contribution in [3.63, 3.8) is 0 Å². The number of benzene rings is 2. The number of rotatable bonds is 4. The van der Waals surface area contributed by atoms with E-state index in [0.29, 0.717) is 0 Å². The highest BCUT2D eigenvalue weighted by Crippen LogP contribution is 2.51. The lowest BCUT2D eigenvalue weighted by atomic mass is 9.94. The van der Waals surface area contributed by atoms with Gasteiger partial charge < -0.3 is 15.0 Å². The Morgan fingerprint density at radius 1 is 1.17 bits per heavy atom. The second kappa shape index (κ2) is 5.41. The lowest BCUT2D eigenvalue weighted by molar-refractivity contribution is -0.118. The van der Waals surface area contributed by atoms with Gasteiger partial charge in [-0.1, -0.05) is 17.7 Å². The predicted molar refractivity (Wildman–Crippen MR) is 95.6 cm³/mol. The van der Waals surface area contributed by atoms with Crippen molar-refractivity contribution in [2.75, 3.05) is 12.4 Å². The molecule has 0 unspecified atom stereocenters. The van der Waals surface area contributed by atoms with E-state index in [1.165, 1.54) is 5.56 Å². The molecule has 2 N–H and O–H groups in total. The van der Waals surface area contributed by atoms with E-state index in [1.807, 2.05) is 55.6 Å². The number of carbonyl (C=O) groups is 1. The molecule has 1 saturated carbocycles. The molecular weight excluding hydrogens is 300 g/mol. The quantitative estimate of drug-likeness (QED) is 0.758. The first-order valence-electron chi connectivity index (χ1n) is 8.16. The van der Waals surface area contributed by atoms with Gasteiger partial charge in [-0.3, -0.25) is 4.79 Å². The average molecular weight is 320 g/mol. The molecule has 1 aromatic heterocycles. The third-order valence-electron chi connectivity index (χ3n) is 4.90. The van der Waals surface area contributed by atoms with Crippen LogP contribution in [-0.4, -0.2) is 18.0 Å². The van der Waals surface area contributed by atoms with Crippen molar-refractivity contribution in [2.24, 2.45) is 0 Å². The SMILES string of the molecule is COc1ccc2[nH]cc(C3(C(=O)Nc4ccc(C)cc4)CC3)c2c1. The van der Waals surface area contributed by atoms with Crippen LogP contribution in [0.5, 0.6) is 5.75 Å². The Morgan fingerprint density at radius 3 is 2.58 bits per heavy atom. The highest BCUT2D eigenvalue weighted by molar-refractivity contribution is 6.04. The fraction of sp³-hybridized carbons (Fsp3) is 0.250. The van der Waals surface area contributed by atoms with Gasteiger partial charge in [-0.05, 0) is 55.7 Å². The van der Waals surface area contributed by atoms with E-state index in [1.54, 1.807) is 7.11 Å². The van der Waals surface area contributed by atoms with E-state index in [9.17, 15) is 4.79 Å². The minimum Gasteiger partial charge on any atom is -0.497 e. The number of H-pyrrole nitrogens is 1. The van der Waals surface area contributed by atoms with Gasteiger partial charge in [0.05, 0.1) is 12.5 Å². The minimum atomic E-state index is -0.435. The van der Waals surface area contributed by atoms with Crippen molar-refractivity contribution in [3.8, 4) is 5.75 Å². The van der Waals surface area contributed by atoms with Gasteiger partial charge in [0, 0.05) is 22.8 Å². The van der Waals surface area contributed by atoms with Crippen LogP contribution in [0.3, 0.4) is 0 Å². The molecule has 0 atom stereocenters. The molecule has 4 rings (SSSR count). The van der Waals surface area contributed by atoms with E-state index in [2.05, 4.69) is 10.3 Å². The molecule has 4 nitrogen and oxygen atoms in total. The first kappa shape index (κ1) is 14.8. The van der Waals surface area contributed by atoms with Gasteiger partial charge in [0.25, 0.3) is 0 Å². The van der Waals surface area contributed by atoms with E-state index in [4.69, 9.17) is 4.74 Å². The fourth-order valence-corrected chi connectivity index (χ4v) is 3.25. The second-order valence-corrected chi connectivity index (χ2v) is 6.52. The van der Waals surface area contributed by atoms with Crippen LogP contribution in [0.25, 0.3) is 10.9 Å². The van der Waals surface area contributed by atoms with Crippen molar-refractivity contribution in [1.82, 2.24) is 4.98 Å². The molecule has 122 valence electrons. The largest absolute Gasteiger partial charge is 0.497 e. The number of nitrogens with one attached hydrogen (secondary N) is 2. The van der Waals surface area contributed by atoms with E-state index in [0.717, 1.165) is 40.7 Å². The Kier molecular flexibility index (Phi) is 3.34. The minimum absolute atomic E-state index is 0.0649. The van der Waals surface area contributed by atoms with E-state index in [-0.39, 0.29) is 5.91 Å². The maximum absolute atomic E-state index is 12.9. The lowest BCUT2D eigenvalue weighted by Crippen LogP contribution is -2.27. The average Bonchev–Trinajstić information content (AvgIpc) is 3.30. The number of aryl methyl sites for hydroxylation is 1. The molecule has 1 heterocycles. The Labute approximate surface area is 140 Å². The summed E-state index contributed by atoms with van der Waals surface area (Å²) in [6.07, 6.45) is 3.70. The van der Waals surface area contributed by atoms with Crippen molar-refractivity contribution < 1.29 is 9.53 Å². The fourth-order valence-electron chi connectivity index (χ4n) is 3.25. The number of amides is 1. The highest BCUT2D eigenvalue weighted by Gasteiger charge is 2.52. The summed E-state index contributed by atoms with van der Waals surface area (Å²) in [5, 5.41) is 4.13. The highest BCUT2D eigenvalue weighted by atomic mass is 16.5. The summed E-state index contributed by atoms with van der Waals surface area (Å²) in [6, 6.07) is 13.8. The molecule has 24 heavy (non-hydrogen) atoms. The van der Waals surface area contributed by atoms with E-state index >= 15 is 0 Å². The zero-order valence-corrected chi connectivity index (χ0v) is 13.8. The Hall–Kier alpha value is -2.75. The van der Waals surface area contributed by atoms with E-state index < -0.39 is 5.41 Å². The molecule has 0 spiro atoms. The number of fused-ring (bicyclic) bond motifs is 1. The number of hydrogen-bond donors (Lipinski definition) is 2. The molecule has 0 saturated heterocycles. The summed E-state index contributed by atoms with van der Waals surface area (Å²) in [7, 11) is 1.66. The van der Waals surface area contributed by atoms with Gasteiger partial charge in [-0.2, -0.15) is 0 Å². The number of carbonyl (C=O) groups excluding carboxylic acids is 1. The maximum atomic E-state index is 12.9. The summed E-state index contributed by atoms with van der Waals surface area (Å²) < 4.78 is 5.33. The lowest BCUT2D eigenvalue weighted by Gasteiger charge is -2.15. The number of anilines is 1. The van der Waals surface area contributed by atoms with Crippen LogP contribution >= 0.6 is 0 Å². The smallest absolute Gasteiger partial charge is 0.235 e. The van der Waals surface area contributed by atoms with Crippen LogP contribution in [0.1, 0.15) is 24.0 Å². The monoisotopic (exact) mass is 320 g/mol. The zero-order chi connectivity index (χ0) is 16.7. The molecule has 3 aromatic rings. The second-order valence-electron chi connectivity index (χ2n) is 6.52. The van der Waals surface area contributed by atoms with Gasteiger partial charge in [-0.15, -0.1) is 0 Å². The molecule has 0 radical (unpaired) electrons. The number of aromatic amines is 1. The van der Waals surface area contributed by atoms with Crippen LogP contribution < -0.4 is 10.1 Å². The molecule has 1 aliphatic carbocycles. The summed E-state index contributed by atoms with van der Waals surface area (Å²) in [4.78, 5) is 16.2. The van der Waals surface area contributed by atoms with Crippen molar-refractivity contribution in [1.29, 1.82) is 0 Å². The summed E-state index contributed by atoms with van der Waals surface area (Å²) in [5.74, 6) is 0.869. The zero-order valence-electron chi connectivity index (χ0n) is 13.8. The number of methoxy groups -OCH3 is 1. The molecule has 0 bridgehead atoms. The number of ether oxygens (including phenoxy) is 1. The van der Waals surface area contributed by atoms with Gasteiger partial charge in [0.15, 0.2) is 0 Å². The van der Waals surface area contributed by atoms with Gasteiger partial charge in [0.1, 0.15) is 5.75 Å². The van der Waals surface area contributed by atoms with Crippen LogP contribution in [0.15, 0.2) is 48.7 Å². The molecular formula is C20H20N2O2. The molecule has 0 aliphatic heterocycles. The van der Waals surface area contributed by atoms with Gasteiger partial charge >= 0.3 is 0 Å². The Morgan fingerprint density at radius 2 is 1.92 bits per heavy atom. The standard InChI is InChI=1S/C20H20N2O2/c1-13-3-5-14(6-4-13)22-19(23)20(9-10-20)17-12-21-18-8-7-15(24-2)11-16(17)18/h3-8,11-12,21H,9-10H2,1-2H3,(H,22,23). The number of hydrogen-bond acceptors (Lipinski definition) is 2. The van der Waals surface area contributed by atoms with Crippen LogP contribution in [0, 0.1) is 6.92 Å². The topological polar surface area (TPSA) is 54.1 Å². The predicted octanol–water partition coefficient (Wildman–Crippen LogP) is 4.16. The Balaban J connectivity index is 1.67. The molecule has 1 amide bonds. The first-order chi connectivity index (χ1) is 11.6. The van der Waals surface area contributed by atoms with Crippen molar-refractivity contribution in [3.05, 3.63) is 59.8 Å². The summed E-state index contributed by atoms with van der Waals surface area (Å²) in [6.45, 7) is 2.04. The number of aromatic nitrogens is 1. The van der Waals surface area contributed by atoms with Crippen molar-refractivity contribution >= 4 is 22.5 Å². The molecule has 1 aliphatic rings. The van der Waals surface area contributed by atoms with Crippen LogP contribution in [0.4, 0.5) is 5.69 Å². The molecule has 1 fully saturated rings. The van der Waals surface area contributed by atoms with Crippen LogP contribution in [0.2, 0.25) is 0 Å². The molecule has 4 heteroatoms. The van der Waals surface area contributed by atoms with Gasteiger partial charge in [0.2, 0.25) is 5.91 Å². The Bertz CT molecular complexity index is 905. The molecule has 2 aromatic carbocycles.